The van der Waals surface area contributed by atoms with Crippen LogP contribution in [0.4, 0.5) is 0 Å². The van der Waals surface area contributed by atoms with Crippen LogP contribution in [0.25, 0.3) is 20.7 Å². The quantitative estimate of drug-likeness (QED) is 0.708. The molecule has 1 aliphatic rings. The Labute approximate surface area is 152 Å². The number of hydrogen-bond acceptors (Lipinski definition) is 7. The highest BCUT2D eigenvalue weighted by Crippen LogP contribution is 2.33. The topological polar surface area (TPSA) is 91.9 Å². The first-order valence-corrected chi connectivity index (χ1v) is 11.5. The van der Waals surface area contributed by atoms with Crippen LogP contribution in [0.1, 0.15) is 25.2 Å². The molecule has 132 valence electrons. The molecule has 0 amide bonds. The van der Waals surface area contributed by atoms with Gasteiger partial charge in [-0.25, -0.2) is 13.4 Å². The summed E-state index contributed by atoms with van der Waals surface area (Å²) in [6.45, 7) is 1.89. The number of rotatable bonds is 4. The van der Waals surface area contributed by atoms with Crippen LogP contribution in [0.5, 0.6) is 0 Å². The van der Waals surface area contributed by atoms with E-state index < -0.39 is 9.84 Å². The third-order valence-corrected chi connectivity index (χ3v) is 7.92. The maximum Gasteiger partial charge on any atom is 0.260 e. The molecule has 1 aliphatic heterocycles. The minimum atomic E-state index is -2.94. The van der Waals surface area contributed by atoms with Gasteiger partial charge in [0.2, 0.25) is 0 Å². The maximum atomic E-state index is 12.6. The number of sulfone groups is 1. The van der Waals surface area contributed by atoms with Gasteiger partial charge >= 0.3 is 0 Å². The van der Waals surface area contributed by atoms with Gasteiger partial charge in [-0.05, 0) is 24.8 Å². The summed E-state index contributed by atoms with van der Waals surface area (Å²) in [5.74, 6) is 0.905. The number of hydrogen-bond donors (Lipinski definition) is 2. The van der Waals surface area contributed by atoms with Gasteiger partial charge in [0, 0.05) is 21.9 Å². The van der Waals surface area contributed by atoms with Gasteiger partial charge in [-0.15, -0.1) is 22.7 Å². The van der Waals surface area contributed by atoms with Crippen molar-refractivity contribution in [2.75, 3.05) is 11.5 Å². The van der Waals surface area contributed by atoms with Crippen LogP contribution in [0, 0.1) is 0 Å². The van der Waals surface area contributed by atoms with Gasteiger partial charge in [0.05, 0.1) is 22.9 Å². The number of fused-ring (bicyclic) bond motifs is 1. The molecule has 0 aromatic carbocycles. The third-order valence-electron chi connectivity index (χ3n) is 4.38. The maximum absolute atomic E-state index is 12.6. The minimum absolute atomic E-state index is 0.0917. The van der Waals surface area contributed by atoms with Gasteiger partial charge < -0.3 is 10.3 Å². The molecule has 0 radical (unpaired) electrons. The average Bonchev–Trinajstić information content (AvgIpc) is 3.26. The molecule has 0 aliphatic carbocycles. The fourth-order valence-corrected chi connectivity index (χ4v) is 6.60. The second-order valence-corrected chi connectivity index (χ2v) is 10.3. The number of H-pyrrole nitrogens is 1. The first-order chi connectivity index (χ1) is 11.9. The predicted octanol–water partition coefficient (Wildman–Crippen LogP) is 2.55. The van der Waals surface area contributed by atoms with Crippen molar-refractivity contribution in [2.24, 2.45) is 0 Å². The van der Waals surface area contributed by atoms with E-state index in [1.165, 1.54) is 11.3 Å². The molecule has 0 saturated carbocycles. The summed E-state index contributed by atoms with van der Waals surface area (Å²) in [6, 6.07) is 3.64. The van der Waals surface area contributed by atoms with Crippen molar-refractivity contribution in [3.8, 4) is 10.4 Å². The summed E-state index contributed by atoms with van der Waals surface area (Å²) in [7, 11) is -2.94. The molecule has 0 unspecified atom stereocenters. The summed E-state index contributed by atoms with van der Waals surface area (Å²) in [4.78, 5) is 21.8. The first-order valence-electron chi connectivity index (χ1n) is 7.95. The lowest BCUT2D eigenvalue weighted by molar-refractivity contribution is 0.469. The highest BCUT2D eigenvalue weighted by atomic mass is 32.2. The molecule has 4 rings (SSSR count). The van der Waals surface area contributed by atoms with Crippen molar-refractivity contribution in [2.45, 2.75) is 25.4 Å². The fourth-order valence-electron chi connectivity index (χ4n) is 3.14. The van der Waals surface area contributed by atoms with Crippen LogP contribution in [-0.4, -0.2) is 35.9 Å². The number of aromatic amines is 1. The SMILES string of the molecule is C[C@H](N[C@H]1CCS(=O)(=O)C1)c1nc2scc(-c3cccs3)c2c(=O)[nH]1. The molecular formula is C16H17N3O3S3. The lowest BCUT2D eigenvalue weighted by atomic mass is 10.2. The number of thiophene rings is 2. The second kappa shape index (κ2) is 6.31. The van der Waals surface area contributed by atoms with Crippen LogP contribution in [0.15, 0.2) is 27.7 Å². The summed E-state index contributed by atoms with van der Waals surface area (Å²) >= 11 is 3.04. The molecule has 0 spiro atoms. The van der Waals surface area contributed by atoms with E-state index in [4.69, 9.17) is 0 Å². The van der Waals surface area contributed by atoms with E-state index in [9.17, 15) is 13.2 Å². The molecule has 6 nitrogen and oxygen atoms in total. The Balaban J connectivity index is 1.64. The van der Waals surface area contributed by atoms with Gasteiger partial charge in [0.15, 0.2) is 9.84 Å². The minimum Gasteiger partial charge on any atom is -0.309 e. The molecule has 1 saturated heterocycles. The van der Waals surface area contributed by atoms with Crippen molar-refractivity contribution >= 4 is 42.7 Å². The van der Waals surface area contributed by atoms with Crippen molar-refractivity contribution < 1.29 is 8.42 Å². The van der Waals surface area contributed by atoms with E-state index in [0.29, 0.717) is 22.5 Å². The van der Waals surface area contributed by atoms with Crippen LogP contribution in [-0.2, 0) is 9.84 Å². The lowest BCUT2D eigenvalue weighted by Crippen LogP contribution is -2.34. The molecule has 4 heterocycles. The van der Waals surface area contributed by atoms with Crippen LogP contribution < -0.4 is 10.9 Å². The Morgan fingerprint density at radius 3 is 2.92 bits per heavy atom. The van der Waals surface area contributed by atoms with E-state index in [2.05, 4.69) is 15.3 Å². The Morgan fingerprint density at radius 1 is 1.40 bits per heavy atom. The van der Waals surface area contributed by atoms with Gasteiger partial charge in [-0.1, -0.05) is 6.07 Å². The highest BCUT2D eigenvalue weighted by molar-refractivity contribution is 7.91. The van der Waals surface area contributed by atoms with E-state index in [-0.39, 0.29) is 29.1 Å². The predicted molar refractivity (Wildman–Crippen MR) is 102 cm³/mol. The zero-order valence-corrected chi connectivity index (χ0v) is 15.9. The van der Waals surface area contributed by atoms with Gasteiger partial charge in [-0.2, -0.15) is 0 Å². The molecule has 9 heteroatoms. The molecule has 25 heavy (non-hydrogen) atoms. The number of nitrogens with zero attached hydrogens (tertiary/aromatic N) is 1. The van der Waals surface area contributed by atoms with Crippen molar-refractivity contribution in [3.05, 3.63) is 39.1 Å². The molecular weight excluding hydrogens is 378 g/mol. The van der Waals surface area contributed by atoms with Crippen LogP contribution in [0.3, 0.4) is 0 Å². The average molecular weight is 396 g/mol. The Morgan fingerprint density at radius 2 is 2.24 bits per heavy atom. The Bertz CT molecular complexity index is 1070. The molecule has 3 aromatic heterocycles. The van der Waals surface area contributed by atoms with E-state index in [1.54, 1.807) is 11.3 Å². The summed E-state index contributed by atoms with van der Waals surface area (Å²) in [5.41, 5.74) is 0.759. The molecule has 2 N–H and O–H groups in total. The summed E-state index contributed by atoms with van der Waals surface area (Å²) in [6.07, 6.45) is 0.598. The van der Waals surface area contributed by atoms with E-state index in [1.807, 2.05) is 29.8 Å². The third kappa shape index (κ3) is 3.29. The van der Waals surface area contributed by atoms with Crippen molar-refractivity contribution in [1.82, 2.24) is 15.3 Å². The Kier molecular flexibility index (Phi) is 4.27. The standard InChI is InChI=1S/C16H17N3O3S3/c1-9(17-10-4-6-25(21,22)8-10)14-18-15(20)13-11(7-24-16(13)19-14)12-3-2-5-23-12/h2-3,5,7,9-10,17H,4,6,8H2,1H3,(H,18,19,20)/t9-,10-/m0/s1. The van der Waals surface area contributed by atoms with Gasteiger partial charge in [0.1, 0.15) is 10.7 Å². The highest BCUT2D eigenvalue weighted by Gasteiger charge is 2.29. The second-order valence-electron chi connectivity index (χ2n) is 6.25. The van der Waals surface area contributed by atoms with E-state index in [0.717, 1.165) is 10.4 Å². The molecule has 0 bridgehead atoms. The zero-order chi connectivity index (χ0) is 17.6. The van der Waals surface area contributed by atoms with Crippen LogP contribution in [0.2, 0.25) is 0 Å². The first kappa shape index (κ1) is 16.9. The zero-order valence-electron chi connectivity index (χ0n) is 13.5. The Hall–Kier alpha value is -1.55. The van der Waals surface area contributed by atoms with Crippen molar-refractivity contribution in [3.63, 3.8) is 0 Å². The largest absolute Gasteiger partial charge is 0.309 e. The normalized spacial score (nSPS) is 20.9. The van der Waals surface area contributed by atoms with Gasteiger partial charge in [0.25, 0.3) is 5.56 Å². The number of aromatic nitrogens is 2. The van der Waals surface area contributed by atoms with Gasteiger partial charge in [-0.3, -0.25) is 4.79 Å². The fraction of sp³-hybridized carbons (Fsp3) is 0.375. The van der Waals surface area contributed by atoms with E-state index >= 15 is 0 Å². The smallest absolute Gasteiger partial charge is 0.260 e. The lowest BCUT2D eigenvalue weighted by Gasteiger charge is -2.17. The number of nitrogens with one attached hydrogen (secondary N) is 2. The molecule has 1 fully saturated rings. The van der Waals surface area contributed by atoms with Crippen LogP contribution >= 0.6 is 22.7 Å². The summed E-state index contributed by atoms with van der Waals surface area (Å²) < 4.78 is 23.2. The molecule has 3 aromatic rings. The molecule has 2 atom stereocenters. The van der Waals surface area contributed by atoms with Crippen molar-refractivity contribution in [1.29, 1.82) is 0 Å². The summed E-state index contributed by atoms with van der Waals surface area (Å²) in [5, 5.41) is 7.83. The monoisotopic (exact) mass is 395 g/mol.